The minimum Gasteiger partial charge on any atom is -0.465 e. The van der Waals surface area contributed by atoms with E-state index in [0.717, 1.165) is 22.6 Å². The van der Waals surface area contributed by atoms with E-state index in [4.69, 9.17) is 10.5 Å². The van der Waals surface area contributed by atoms with Crippen LogP contribution in [-0.4, -0.2) is 22.4 Å². The van der Waals surface area contributed by atoms with E-state index in [9.17, 15) is 4.79 Å². The van der Waals surface area contributed by atoms with E-state index in [0.29, 0.717) is 6.61 Å². The van der Waals surface area contributed by atoms with Gasteiger partial charge in [0.1, 0.15) is 6.04 Å². The highest BCUT2D eigenvalue weighted by molar-refractivity contribution is 5.85. The molecule has 0 saturated heterocycles. The van der Waals surface area contributed by atoms with Gasteiger partial charge >= 0.3 is 5.97 Å². The zero-order valence-corrected chi connectivity index (χ0v) is 13.2. The van der Waals surface area contributed by atoms with E-state index in [2.05, 4.69) is 5.10 Å². The van der Waals surface area contributed by atoms with Crippen molar-refractivity contribution in [1.29, 1.82) is 0 Å². The Labute approximate surface area is 130 Å². The first-order valence-corrected chi connectivity index (χ1v) is 6.60. The van der Waals surface area contributed by atoms with E-state index in [1.54, 1.807) is 11.6 Å². The number of rotatable bonds is 4. The predicted octanol–water partition coefficient (Wildman–Crippen LogP) is 2.47. The normalized spacial score (nSPS) is 11.6. The highest BCUT2D eigenvalue weighted by atomic mass is 35.5. The molecule has 1 unspecified atom stereocenters. The van der Waals surface area contributed by atoms with E-state index in [1.807, 2.05) is 44.2 Å². The molecular weight excluding hydrogens is 290 g/mol. The van der Waals surface area contributed by atoms with Gasteiger partial charge in [-0.1, -0.05) is 18.2 Å². The molecule has 114 valence electrons. The van der Waals surface area contributed by atoms with Crippen LogP contribution in [0.2, 0.25) is 0 Å². The van der Waals surface area contributed by atoms with Crippen LogP contribution in [0.3, 0.4) is 0 Å². The number of para-hydroxylation sites is 1. The maximum Gasteiger partial charge on any atom is 0.327 e. The Kier molecular flexibility index (Phi) is 5.93. The molecule has 0 amide bonds. The SMILES string of the molecule is CCOC(=O)C(N)c1c(C)nn(-c2ccccc2)c1C.Cl. The number of carbonyl (C=O) groups excluding carboxylic acids is 1. The number of benzene rings is 1. The summed E-state index contributed by atoms with van der Waals surface area (Å²) in [6, 6.07) is 8.94. The summed E-state index contributed by atoms with van der Waals surface area (Å²) in [6.07, 6.45) is 0. The summed E-state index contributed by atoms with van der Waals surface area (Å²) in [5, 5.41) is 4.47. The number of hydrogen-bond donors (Lipinski definition) is 1. The number of nitrogens with zero attached hydrogens (tertiary/aromatic N) is 2. The Morgan fingerprint density at radius 2 is 1.95 bits per heavy atom. The molecule has 0 fully saturated rings. The van der Waals surface area contributed by atoms with E-state index < -0.39 is 12.0 Å². The van der Waals surface area contributed by atoms with Crippen molar-refractivity contribution in [2.75, 3.05) is 6.61 Å². The van der Waals surface area contributed by atoms with Crippen LogP contribution in [0.15, 0.2) is 30.3 Å². The summed E-state index contributed by atoms with van der Waals surface area (Å²) >= 11 is 0. The van der Waals surface area contributed by atoms with Crippen molar-refractivity contribution >= 4 is 18.4 Å². The lowest BCUT2D eigenvalue weighted by Gasteiger charge is -2.11. The molecule has 0 radical (unpaired) electrons. The quantitative estimate of drug-likeness (QED) is 0.881. The lowest BCUT2D eigenvalue weighted by Crippen LogP contribution is -2.24. The van der Waals surface area contributed by atoms with Crippen LogP contribution in [-0.2, 0) is 9.53 Å². The van der Waals surface area contributed by atoms with Gasteiger partial charge in [-0.25, -0.2) is 9.48 Å². The number of carbonyl (C=O) groups is 1. The van der Waals surface area contributed by atoms with Crippen LogP contribution in [0, 0.1) is 13.8 Å². The van der Waals surface area contributed by atoms with Crippen molar-refractivity contribution < 1.29 is 9.53 Å². The van der Waals surface area contributed by atoms with Gasteiger partial charge in [-0.2, -0.15) is 5.10 Å². The minimum atomic E-state index is -0.799. The number of aromatic nitrogens is 2. The van der Waals surface area contributed by atoms with Crippen molar-refractivity contribution in [3.63, 3.8) is 0 Å². The van der Waals surface area contributed by atoms with Crippen LogP contribution in [0.4, 0.5) is 0 Å². The second-order valence-electron chi connectivity index (χ2n) is 4.56. The van der Waals surface area contributed by atoms with Gasteiger partial charge in [0.05, 0.1) is 18.0 Å². The molecule has 0 aliphatic heterocycles. The van der Waals surface area contributed by atoms with Crippen molar-refractivity contribution in [1.82, 2.24) is 9.78 Å². The molecule has 0 saturated carbocycles. The van der Waals surface area contributed by atoms with Crippen LogP contribution >= 0.6 is 12.4 Å². The molecule has 21 heavy (non-hydrogen) atoms. The zero-order valence-electron chi connectivity index (χ0n) is 12.4. The van der Waals surface area contributed by atoms with Gasteiger partial charge in [0.15, 0.2) is 0 Å². The highest BCUT2D eigenvalue weighted by Crippen LogP contribution is 2.23. The van der Waals surface area contributed by atoms with Crippen molar-refractivity contribution in [3.8, 4) is 5.69 Å². The molecular formula is C15H20ClN3O2. The number of nitrogens with two attached hydrogens (primary N) is 1. The van der Waals surface area contributed by atoms with Crippen LogP contribution in [0.5, 0.6) is 0 Å². The summed E-state index contributed by atoms with van der Waals surface area (Å²) in [6.45, 7) is 5.83. The summed E-state index contributed by atoms with van der Waals surface area (Å²) in [5.74, 6) is -0.425. The van der Waals surface area contributed by atoms with Gasteiger partial charge < -0.3 is 10.5 Å². The lowest BCUT2D eigenvalue weighted by molar-refractivity contribution is -0.144. The van der Waals surface area contributed by atoms with Crippen molar-refractivity contribution in [3.05, 3.63) is 47.3 Å². The fraction of sp³-hybridized carbons (Fsp3) is 0.333. The van der Waals surface area contributed by atoms with Gasteiger partial charge in [-0.3, -0.25) is 0 Å². The molecule has 6 heteroatoms. The first kappa shape index (κ1) is 17.2. The van der Waals surface area contributed by atoms with Crippen molar-refractivity contribution in [2.45, 2.75) is 26.8 Å². The average Bonchev–Trinajstić information content (AvgIpc) is 2.74. The highest BCUT2D eigenvalue weighted by Gasteiger charge is 2.25. The molecule has 2 aromatic rings. The van der Waals surface area contributed by atoms with Gasteiger partial charge in [0, 0.05) is 11.3 Å². The second kappa shape index (κ2) is 7.24. The molecule has 5 nitrogen and oxygen atoms in total. The smallest absolute Gasteiger partial charge is 0.327 e. The average molecular weight is 310 g/mol. The van der Waals surface area contributed by atoms with Crippen molar-refractivity contribution in [2.24, 2.45) is 5.73 Å². The Hall–Kier alpha value is -1.85. The van der Waals surface area contributed by atoms with Gasteiger partial charge in [-0.05, 0) is 32.9 Å². The van der Waals surface area contributed by atoms with Crippen LogP contribution < -0.4 is 5.73 Å². The first-order valence-electron chi connectivity index (χ1n) is 6.60. The number of aryl methyl sites for hydroxylation is 1. The topological polar surface area (TPSA) is 70.1 Å². The van der Waals surface area contributed by atoms with Gasteiger partial charge in [-0.15, -0.1) is 12.4 Å². The number of ether oxygens (including phenoxy) is 1. The summed E-state index contributed by atoms with van der Waals surface area (Å²) in [5.41, 5.74) is 9.26. The summed E-state index contributed by atoms with van der Waals surface area (Å²) in [4.78, 5) is 11.8. The summed E-state index contributed by atoms with van der Waals surface area (Å²) in [7, 11) is 0. The van der Waals surface area contributed by atoms with Crippen LogP contribution in [0.25, 0.3) is 5.69 Å². The maximum absolute atomic E-state index is 11.8. The zero-order chi connectivity index (χ0) is 14.7. The number of hydrogen-bond acceptors (Lipinski definition) is 4. The van der Waals surface area contributed by atoms with Crippen LogP contribution in [0.1, 0.15) is 29.9 Å². The largest absolute Gasteiger partial charge is 0.465 e. The lowest BCUT2D eigenvalue weighted by atomic mass is 10.1. The molecule has 1 aromatic heterocycles. The Morgan fingerprint density at radius 3 is 2.52 bits per heavy atom. The summed E-state index contributed by atoms with van der Waals surface area (Å²) < 4.78 is 6.78. The number of esters is 1. The molecule has 0 spiro atoms. The third-order valence-corrected chi connectivity index (χ3v) is 3.20. The molecule has 1 aromatic carbocycles. The monoisotopic (exact) mass is 309 g/mol. The predicted molar refractivity (Wildman–Crippen MR) is 83.8 cm³/mol. The first-order chi connectivity index (χ1) is 9.56. The Balaban J connectivity index is 0.00000220. The molecule has 1 heterocycles. The number of halogens is 1. The van der Waals surface area contributed by atoms with E-state index >= 15 is 0 Å². The van der Waals surface area contributed by atoms with Gasteiger partial charge in [0.2, 0.25) is 0 Å². The molecule has 0 aliphatic carbocycles. The molecule has 2 rings (SSSR count). The minimum absolute atomic E-state index is 0. The molecule has 1 atom stereocenters. The van der Waals surface area contributed by atoms with E-state index in [-0.39, 0.29) is 12.4 Å². The Morgan fingerprint density at radius 1 is 1.33 bits per heavy atom. The fourth-order valence-electron chi connectivity index (χ4n) is 2.28. The third-order valence-electron chi connectivity index (χ3n) is 3.20. The third kappa shape index (κ3) is 3.43. The molecule has 0 aliphatic rings. The maximum atomic E-state index is 11.8. The molecule has 2 N–H and O–H groups in total. The fourth-order valence-corrected chi connectivity index (χ4v) is 2.28. The second-order valence-corrected chi connectivity index (χ2v) is 4.56. The molecule has 0 bridgehead atoms. The Bertz CT molecular complexity index is 611. The standard InChI is InChI=1S/C15H19N3O2.ClH/c1-4-20-15(19)14(16)13-10(2)17-18(11(13)3)12-8-6-5-7-9-12;/h5-9,14H,4,16H2,1-3H3;1H. The van der Waals surface area contributed by atoms with E-state index in [1.165, 1.54) is 0 Å². The van der Waals surface area contributed by atoms with Gasteiger partial charge in [0.25, 0.3) is 0 Å².